The van der Waals surface area contributed by atoms with Crippen LogP contribution in [0.3, 0.4) is 0 Å². The van der Waals surface area contributed by atoms with Crippen molar-refractivity contribution in [2.45, 2.75) is 26.8 Å². The lowest BCUT2D eigenvalue weighted by atomic mass is 10.2. The van der Waals surface area contributed by atoms with E-state index < -0.39 is 0 Å². The van der Waals surface area contributed by atoms with Crippen LogP contribution in [0, 0.1) is 0 Å². The fourth-order valence-corrected chi connectivity index (χ4v) is 1.65. The Bertz CT molecular complexity index is 390. The van der Waals surface area contributed by atoms with E-state index in [1.54, 1.807) is 17.2 Å². The molecule has 100 valence electrons. The van der Waals surface area contributed by atoms with Crippen LogP contribution in [0.1, 0.15) is 31.3 Å². The summed E-state index contributed by atoms with van der Waals surface area (Å²) in [5.41, 5.74) is 6.89. The monoisotopic (exact) mass is 250 g/mol. The summed E-state index contributed by atoms with van der Waals surface area (Å²) in [6.07, 6.45) is 1.64. The van der Waals surface area contributed by atoms with Crippen molar-refractivity contribution in [3.63, 3.8) is 0 Å². The Labute approximate surface area is 108 Å². The molecule has 0 fully saturated rings. The number of rotatable bonds is 6. The van der Waals surface area contributed by atoms with Crippen LogP contribution < -0.4 is 11.1 Å². The first-order chi connectivity index (χ1) is 8.62. The Morgan fingerprint density at radius 3 is 2.72 bits per heavy atom. The predicted molar refractivity (Wildman–Crippen MR) is 73.6 cm³/mol. The summed E-state index contributed by atoms with van der Waals surface area (Å²) in [6.45, 7) is 7.83. The fourth-order valence-electron chi connectivity index (χ4n) is 1.65. The smallest absolute Gasteiger partial charge is 0.272 e. The van der Waals surface area contributed by atoms with Gasteiger partial charge in [-0.1, -0.05) is 0 Å². The lowest BCUT2D eigenvalue weighted by Crippen LogP contribution is -2.31. The van der Waals surface area contributed by atoms with E-state index in [2.05, 4.69) is 10.3 Å². The first-order valence-corrected chi connectivity index (χ1v) is 6.34. The van der Waals surface area contributed by atoms with Gasteiger partial charge in [0.1, 0.15) is 5.69 Å². The second-order valence-electron chi connectivity index (χ2n) is 4.19. The second-order valence-corrected chi connectivity index (χ2v) is 4.19. The van der Waals surface area contributed by atoms with E-state index in [1.807, 2.05) is 26.8 Å². The van der Waals surface area contributed by atoms with E-state index in [0.717, 1.165) is 5.69 Å². The first-order valence-electron chi connectivity index (χ1n) is 6.34. The summed E-state index contributed by atoms with van der Waals surface area (Å²) in [5.74, 6) is -0.0379. The summed E-state index contributed by atoms with van der Waals surface area (Å²) in [4.78, 5) is 18.0. The SMILES string of the molecule is CCN(CC)C(=O)c1cc(NC(C)CN)ccn1. The van der Waals surface area contributed by atoms with Gasteiger partial charge in [0.25, 0.3) is 5.91 Å². The molecule has 3 N–H and O–H groups in total. The minimum atomic E-state index is -0.0379. The zero-order valence-corrected chi connectivity index (χ0v) is 11.3. The van der Waals surface area contributed by atoms with Gasteiger partial charge < -0.3 is 16.0 Å². The van der Waals surface area contributed by atoms with Crippen LogP contribution in [0.4, 0.5) is 5.69 Å². The molecular formula is C13H22N4O. The molecule has 0 saturated carbocycles. The number of anilines is 1. The van der Waals surface area contributed by atoms with Gasteiger partial charge in [0.15, 0.2) is 0 Å². The molecule has 0 spiro atoms. The van der Waals surface area contributed by atoms with Crippen LogP contribution in [0.2, 0.25) is 0 Å². The average molecular weight is 250 g/mol. The number of carbonyl (C=O) groups is 1. The van der Waals surface area contributed by atoms with E-state index in [9.17, 15) is 4.79 Å². The van der Waals surface area contributed by atoms with Crippen LogP contribution in [0.15, 0.2) is 18.3 Å². The summed E-state index contributed by atoms with van der Waals surface area (Å²) in [6, 6.07) is 3.78. The number of hydrogen-bond acceptors (Lipinski definition) is 4. The lowest BCUT2D eigenvalue weighted by Gasteiger charge is -2.19. The average Bonchev–Trinajstić information content (AvgIpc) is 2.40. The molecule has 0 saturated heterocycles. The number of hydrogen-bond donors (Lipinski definition) is 2. The number of pyridine rings is 1. The van der Waals surface area contributed by atoms with E-state index >= 15 is 0 Å². The van der Waals surface area contributed by atoms with E-state index in [-0.39, 0.29) is 11.9 Å². The van der Waals surface area contributed by atoms with Crippen LogP contribution in [0.25, 0.3) is 0 Å². The van der Waals surface area contributed by atoms with Gasteiger partial charge >= 0.3 is 0 Å². The molecule has 1 aromatic rings. The van der Waals surface area contributed by atoms with E-state index in [1.165, 1.54) is 0 Å². The number of nitrogens with one attached hydrogen (secondary N) is 1. The normalized spacial score (nSPS) is 12.0. The van der Waals surface area contributed by atoms with Crippen molar-refractivity contribution in [3.05, 3.63) is 24.0 Å². The van der Waals surface area contributed by atoms with E-state index in [0.29, 0.717) is 25.3 Å². The van der Waals surface area contributed by atoms with Crippen molar-refractivity contribution in [1.29, 1.82) is 0 Å². The Morgan fingerprint density at radius 1 is 1.50 bits per heavy atom. The van der Waals surface area contributed by atoms with Crippen LogP contribution in [0.5, 0.6) is 0 Å². The molecule has 1 rings (SSSR count). The summed E-state index contributed by atoms with van der Waals surface area (Å²) in [5, 5.41) is 3.23. The molecule has 0 aliphatic carbocycles. The van der Waals surface area contributed by atoms with Crippen LogP contribution in [-0.2, 0) is 0 Å². The summed E-state index contributed by atoms with van der Waals surface area (Å²) >= 11 is 0. The largest absolute Gasteiger partial charge is 0.381 e. The van der Waals surface area contributed by atoms with Gasteiger partial charge in [-0.3, -0.25) is 9.78 Å². The van der Waals surface area contributed by atoms with Crippen molar-refractivity contribution in [2.24, 2.45) is 5.73 Å². The minimum Gasteiger partial charge on any atom is -0.381 e. The van der Waals surface area contributed by atoms with Gasteiger partial charge in [0.05, 0.1) is 0 Å². The Kier molecular flexibility index (Phi) is 5.58. The van der Waals surface area contributed by atoms with Gasteiger partial charge in [-0.15, -0.1) is 0 Å². The molecule has 5 heteroatoms. The van der Waals surface area contributed by atoms with Crippen LogP contribution >= 0.6 is 0 Å². The number of amides is 1. The van der Waals surface area contributed by atoms with Gasteiger partial charge in [0.2, 0.25) is 0 Å². The van der Waals surface area contributed by atoms with Crippen LogP contribution in [-0.4, -0.2) is 41.5 Å². The molecule has 0 bridgehead atoms. The first kappa shape index (κ1) is 14.4. The number of nitrogens with zero attached hydrogens (tertiary/aromatic N) is 2. The van der Waals surface area contributed by atoms with Crippen molar-refractivity contribution in [1.82, 2.24) is 9.88 Å². The molecule has 1 unspecified atom stereocenters. The van der Waals surface area contributed by atoms with Gasteiger partial charge in [-0.25, -0.2) is 0 Å². The van der Waals surface area contributed by atoms with Gasteiger partial charge in [-0.2, -0.15) is 0 Å². The van der Waals surface area contributed by atoms with Crippen molar-refractivity contribution in [2.75, 3.05) is 25.0 Å². The predicted octanol–water partition coefficient (Wildman–Crippen LogP) is 1.32. The summed E-state index contributed by atoms with van der Waals surface area (Å²) in [7, 11) is 0. The third-order valence-electron chi connectivity index (χ3n) is 2.80. The maximum Gasteiger partial charge on any atom is 0.272 e. The molecular weight excluding hydrogens is 228 g/mol. The molecule has 5 nitrogen and oxygen atoms in total. The van der Waals surface area contributed by atoms with Gasteiger partial charge in [0, 0.05) is 37.6 Å². The second kappa shape index (κ2) is 6.96. The standard InChI is InChI=1S/C13H22N4O/c1-4-17(5-2)13(18)12-8-11(6-7-15-12)16-10(3)9-14/h6-8,10H,4-5,9,14H2,1-3H3,(H,15,16). The maximum atomic E-state index is 12.1. The molecule has 1 atom stereocenters. The molecule has 1 aromatic heterocycles. The molecule has 18 heavy (non-hydrogen) atoms. The van der Waals surface area contributed by atoms with E-state index in [4.69, 9.17) is 5.73 Å². The molecule has 0 aliphatic rings. The molecule has 0 radical (unpaired) electrons. The lowest BCUT2D eigenvalue weighted by molar-refractivity contribution is 0.0767. The molecule has 0 aromatic carbocycles. The Balaban J connectivity index is 2.84. The van der Waals surface area contributed by atoms with Crippen molar-refractivity contribution >= 4 is 11.6 Å². The third kappa shape index (κ3) is 3.70. The minimum absolute atomic E-state index is 0.0379. The van der Waals surface area contributed by atoms with Gasteiger partial charge in [-0.05, 0) is 32.9 Å². The fraction of sp³-hybridized carbons (Fsp3) is 0.538. The highest BCUT2D eigenvalue weighted by molar-refractivity contribution is 5.93. The zero-order valence-electron chi connectivity index (χ0n) is 11.3. The Hall–Kier alpha value is -1.62. The number of carbonyl (C=O) groups excluding carboxylic acids is 1. The molecule has 1 heterocycles. The third-order valence-corrected chi connectivity index (χ3v) is 2.80. The highest BCUT2D eigenvalue weighted by atomic mass is 16.2. The maximum absolute atomic E-state index is 12.1. The number of nitrogens with two attached hydrogens (primary N) is 1. The molecule has 0 aliphatic heterocycles. The summed E-state index contributed by atoms with van der Waals surface area (Å²) < 4.78 is 0. The topological polar surface area (TPSA) is 71.2 Å². The van der Waals surface area contributed by atoms with Crippen molar-refractivity contribution < 1.29 is 4.79 Å². The Morgan fingerprint density at radius 2 is 2.17 bits per heavy atom. The molecule has 1 amide bonds. The highest BCUT2D eigenvalue weighted by Crippen LogP contribution is 2.11. The van der Waals surface area contributed by atoms with Crippen molar-refractivity contribution in [3.8, 4) is 0 Å². The highest BCUT2D eigenvalue weighted by Gasteiger charge is 2.14. The number of aromatic nitrogens is 1. The quantitative estimate of drug-likeness (QED) is 0.799. The zero-order chi connectivity index (χ0) is 13.5.